The minimum Gasteiger partial charge on any atom is -0.481 e. The summed E-state index contributed by atoms with van der Waals surface area (Å²) in [6, 6.07) is 6.82. The maximum absolute atomic E-state index is 14.8. The van der Waals surface area contributed by atoms with E-state index in [1.165, 1.54) is 6.92 Å². The molecule has 3 heteroatoms. The Labute approximate surface area is 101 Å². The van der Waals surface area contributed by atoms with Crippen LogP contribution < -0.4 is 0 Å². The molecule has 1 N–H and O–H groups in total. The Morgan fingerprint density at radius 2 is 1.76 bits per heavy atom. The minimum atomic E-state index is -1.56. The van der Waals surface area contributed by atoms with Crippen LogP contribution in [0, 0.1) is 5.41 Å². The zero-order chi connectivity index (χ0) is 13.3. The second kappa shape index (κ2) is 4.47. The summed E-state index contributed by atoms with van der Waals surface area (Å²) in [7, 11) is 0. The smallest absolute Gasteiger partial charge is 0.307 e. The van der Waals surface area contributed by atoms with E-state index in [4.69, 9.17) is 5.11 Å². The fraction of sp³-hybridized carbons (Fsp3) is 0.500. The average Bonchev–Trinajstić information content (AvgIpc) is 2.15. The van der Waals surface area contributed by atoms with Crippen LogP contribution in [0.1, 0.15) is 38.8 Å². The summed E-state index contributed by atoms with van der Waals surface area (Å²) in [5.74, 6) is -0.942. The van der Waals surface area contributed by atoms with Crippen molar-refractivity contribution >= 4 is 5.97 Å². The lowest BCUT2D eigenvalue weighted by Gasteiger charge is -2.36. The van der Waals surface area contributed by atoms with Gasteiger partial charge in [-0.1, -0.05) is 45.0 Å². The number of aliphatic carboxylic acids is 1. The summed E-state index contributed by atoms with van der Waals surface area (Å²) in [4.78, 5) is 10.8. The molecule has 0 spiro atoms. The van der Waals surface area contributed by atoms with Crippen LogP contribution in [0.3, 0.4) is 0 Å². The Bertz CT molecular complexity index is 416. The van der Waals surface area contributed by atoms with Crippen LogP contribution >= 0.6 is 0 Å². The molecule has 0 saturated heterocycles. The lowest BCUT2D eigenvalue weighted by Crippen LogP contribution is -2.33. The SMILES string of the molecule is CC(C)(C)C(C)(F)c1ccccc1CC(=O)O. The Kier molecular flexibility index (Phi) is 3.60. The third-order valence-corrected chi connectivity index (χ3v) is 3.27. The Morgan fingerprint density at radius 1 is 1.24 bits per heavy atom. The van der Waals surface area contributed by atoms with E-state index >= 15 is 0 Å². The van der Waals surface area contributed by atoms with Crippen molar-refractivity contribution in [1.29, 1.82) is 0 Å². The van der Waals surface area contributed by atoms with Gasteiger partial charge in [0.1, 0.15) is 5.67 Å². The highest BCUT2D eigenvalue weighted by molar-refractivity contribution is 5.71. The monoisotopic (exact) mass is 238 g/mol. The summed E-state index contributed by atoms with van der Waals surface area (Å²) in [5, 5.41) is 8.84. The molecule has 94 valence electrons. The van der Waals surface area contributed by atoms with E-state index in [-0.39, 0.29) is 6.42 Å². The van der Waals surface area contributed by atoms with Gasteiger partial charge in [0.15, 0.2) is 0 Å². The predicted octanol–water partition coefficient (Wildman–Crippen LogP) is 3.54. The minimum absolute atomic E-state index is 0.147. The molecular weight excluding hydrogens is 219 g/mol. The molecule has 0 bridgehead atoms. The van der Waals surface area contributed by atoms with Gasteiger partial charge in [0.25, 0.3) is 0 Å². The molecule has 0 saturated carbocycles. The summed E-state index contributed by atoms with van der Waals surface area (Å²) in [6.45, 7) is 6.94. The number of carboxylic acids is 1. The Hall–Kier alpha value is -1.38. The number of benzene rings is 1. The van der Waals surface area contributed by atoms with Gasteiger partial charge in [-0.05, 0) is 23.5 Å². The molecule has 0 aromatic heterocycles. The van der Waals surface area contributed by atoms with Crippen molar-refractivity contribution < 1.29 is 14.3 Å². The summed E-state index contributed by atoms with van der Waals surface area (Å²) >= 11 is 0. The van der Waals surface area contributed by atoms with Gasteiger partial charge in [0, 0.05) is 0 Å². The average molecular weight is 238 g/mol. The summed E-state index contributed by atoms with van der Waals surface area (Å²) < 4.78 is 14.8. The number of halogens is 1. The fourth-order valence-corrected chi connectivity index (χ4v) is 1.70. The largest absolute Gasteiger partial charge is 0.481 e. The van der Waals surface area contributed by atoms with Crippen molar-refractivity contribution in [2.75, 3.05) is 0 Å². The first kappa shape index (κ1) is 13.7. The molecule has 1 aromatic rings. The maximum atomic E-state index is 14.8. The number of alkyl halides is 1. The number of rotatable bonds is 3. The number of hydrogen-bond acceptors (Lipinski definition) is 1. The molecule has 0 aliphatic heterocycles. The van der Waals surface area contributed by atoms with Crippen LogP contribution in [0.15, 0.2) is 24.3 Å². The lowest BCUT2D eigenvalue weighted by atomic mass is 9.73. The highest BCUT2D eigenvalue weighted by Gasteiger charge is 2.40. The number of hydrogen-bond donors (Lipinski definition) is 1. The molecule has 0 heterocycles. The first-order valence-corrected chi connectivity index (χ1v) is 5.65. The highest BCUT2D eigenvalue weighted by Crippen LogP contribution is 2.43. The van der Waals surface area contributed by atoms with E-state index in [1.54, 1.807) is 24.3 Å². The number of carboxylic acid groups (broad SMARTS) is 1. The Morgan fingerprint density at radius 3 is 2.24 bits per heavy atom. The van der Waals surface area contributed by atoms with E-state index in [0.717, 1.165) is 0 Å². The quantitative estimate of drug-likeness (QED) is 0.874. The van der Waals surface area contributed by atoms with Crippen molar-refractivity contribution in [3.8, 4) is 0 Å². The molecule has 0 radical (unpaired) electrons. The van der Waals surface area contributed by atoms with E-state index in [2.05, 4.69) is 0 Å². The summed E-state index contributed by atoms with van der Waals surface area (Å²) in [6.07, 6.45) is -0.147. The van der Waals surface area contributed by atoms with Crippen LogP contribution in [-0.2, 0) is 16.9 Å². The van der Waals surface area contributed by atoms with Gasteiger partial charge in [-0.3, -0.25) is 4.79 Å². The van der Waals surface area contributed by atoms with Gasteiger partial charge in [0.2, 0.25) is 0 Å². The first-order chi connectivity index (χ1) is 7.66. The van der Waals surface area contributed by atoms with Gasteiger partial charge in [-0.2, -0.15) is 0 Å². The van der Waals surface area contributed by atoms with E-state index < -0.39 is 17.1 Å². The van der Waals surface area contributed by atoms with Crippen LogP contribution in [-0.4, -0.2) is 11.1 Å². The van der Waals surface area contributed by atoms with Gasteiger partial charge in [-0.15, -0.1) is 0 Å². The van der Waals surface area contributed by atoms with Gasteiger partial charge in [-0.25, -0.2) is 4.39 Å². The standard InChI is InChI=1S/C14H19FO2/c1-13(2,3)14(4,15)11-8-6-5-7-10(11)9-12(16)17/h5-8H,9H2,1-4H3,(H,16,17). The fourth-order valence-electron chi connectivity index (χ4n) is 1.70. The molecule has 0 fully saturated rings. The molecule has 2 nitrogen and oxygen atoms in total. The third kappa shape index (κ3) is 2.84. The van der Waals surface area contributed by atoms with Gasteiger partial charge >= 0.3 is 5.97 Å². The second-order valence-corrected chi connectivity index (χ2v) is 5.48. The zero-order valence-corrected chi connectivity index (χ0v) is 10.7. The zero-order valence-electron chi connectivity index (χ0n) is 10.7. The van der Waals surface area contributed by atoms with E-state index in [9.17, 15) is 9.18 Å². The topological polar surface area (TPSA) is 37.3 Å². The molecule has 1 rings (SSSR count). The van der Waals surface area contributed by atoms with Crippen molar-refractivity contribution in [3.63, 3.8) is 0 Å². The van der Waals surface area contributed by atoms with Crippen LogP contribution in [0.5, 0.6) is 0 Å². The van der Waals surface area contributed by atoms with Gasteiger partial charge < -0.3 is 5.11 Å². The van der Waals surface area contributed by atoms with E-state index in [0.29, 0.717) is 11.1 Å². The van der Waals surface area contributed by atoms with Crippen molar-refractivity contribution in [1.82, 2.24) is 0 Å². The molecule has 1 atom stereocenters. The highest BCUT2D eigenvalue weighted by atomic mass is 19.1. The molecule has 1 aromatic carbocycles. The van der Waals surface area contributed by atoms with Crippen LogP contribution in [0.25, 0.3) is 0 Å². The molecule has 0 amide bonds. The molecule has 1 unspecified atom stereocenters. The van der Waals surface area contributed by atoms with Crippen molar-refractivity contribution in [3.05, 3.63) is 35.4 Å². The second-order valence-electron chi connectivity index (χ2n) is 5.48. The maximum Gasteiger partial charge on any atom is 0.307 e. The molecular formula is C14H19FO2. The number of carbonyl (C=O) groups is 1. The third-order valence-electron chi connectivity index (χ3n) is 3.27. The van der Waals surface area contributed by atoms with Crippen LogP contribution in [0.4, 0.5) is 4.39 Å². The van der Waals surface area contributed by atoms with Crippen molar-refractivity contribution in [2.45, 2.75) is 39.8 Å². The normalized spacial score (nSPS) is 15.4. The van der Waals surface area contributed by atoms with E-state index in [1.807, 2.05) is 20.8 Å². The first-order valence-electron chi connectivity index (χ1n) is 5.65. The van der Waals surface area contributed by atoms with Crippen LogP contribution in [0.2, 0.25) is 0 Å². The van der Waals surface area contributed by atoms with Gasteiger partial charge in [0.05, 0.1) is 6.42 Å². The molecule has 0 aliphatic carbocycles. The molecule has 0 aliphatic rings. The summed E-state index contributed by atoms with van der Waals surface area (Å²) in [5.41, 5.74) is -1.13. The predicted molar refractivity (Wildman–Crippen MR) is 65.7 cm³/mol. The Balaban J connectivity index is 3.26. The lowest BCUT2D eigenvalue weighted by molar-refractivity contribution is -0.136. The van der Waals surface area contributed by atoms with Crippen molar-refractivity contribution in [2.24, 2.45) is 5.41 Å². The molecule has 17 heavy (non-hydrogen) atoms.